The molecule has 1 saturated carbocycles. The molecule has 1 aliphatic carbocycles. The largest absolute Gasteiger partial charge is 2.00 e. The number of methoxy groups -OCH3 is 2. The molecule has 2 N–H and O–H groups in total. The van der Waals surface area contributed by atoms with Crippen LogP contribution < -0.4 is 20.1 Å². The van der Waals surface area contributed by atoms with Gasteiger partial charge in [-0.3, -0.25) is 9.59 Å². The minimum Gasteiger partial charge on any atom is -0.496 e. The Hall–Kier alpha value is -2.26. The molecule has 0 radical (unpaired) electrons. The molecule has 1 heterocycles. The maximum absolute atomic E-state index is 12.6. The Bertz CT molecular complexity index is 1340. The zero-order valence-corrected chi connectivity index (χ0v) is 32.9. The van der Waals surface area contributed by atoms with E-state index in [1.807, 2.05) is 19.1 Å². The third-order valence-electron chi connectivity index (χ3n) is 7.31. The van der Waals surface area contributed by atoms with Crippen LogP contribution in [0.25, 0.3) is 10.2 Å². The van der Waals surface area contributed by atoms with Crippen molar-refractivity contribution in [3.63, 3.8) is 0 Å². The van der Waals surface area contributed by atoms with E-state index >= 15 is 0 Å². The fourth-order valence-corrected chi connectivity index (χ4v) is 6.02. The minimum absolute atomic E-state index is 0. The number of ether oxygens (including phenoxy) is 3. The molecule has 46 heavy (non-hydrogen) atoms. The van der Waals surface area contributed by atoms with Crippen LogP contribution in [0.5, 0.6) is 11.5 Å². The Morgan fingerprint density at radius 3 is 2.50 bits per heavy atom. The number of fused-ring (bicyclic) bond motifs is 1. The predicted molar refractivity (Wildman–Crippen MR) is 176 cm³/mol. The first-order valence-electron chi connectivity index (χ1n) is 15.2. The average molecular weight is 886 g/mol. The number of alkyl halides is 2. The number of carbonyl (C=O) groups is 2. The maximum Gasteiger partial charge on any atom is 2.00 e. The van der Waals surface area contributed by atoms with Crippen LogP contribution in [0.2, 0.25) is 0 Å². The number of aryl methyl sites for hydroxylation is 1. The first kappa shape index (κ1) is 41.8. The number of aromatic nitrogens is 1. The van der Waals surface area contributed by atoms with Gasteiger partial charge >= 0.3 is 31.1 Å². The van der Waals surface area contributed by atoms with Gasteiger partial charge in [-0.15, -0.1) is 29.5 Å². The number of halogens is 2. The van der Waals surface area contributed by atoms with Gasteiger partial charge in [0.1, 0.15) is 11.3 Å². The van der Waals surface area contributed by atoms with Gasteiger partial charge in [0.2, 0.25) is 6.41 Å². The van der Waals surface area contributed by atoms with E-state index in [1.165, 1.54) is 55.2 Å². The third-order valence-corrected chi connectivity index (χ3v) is 8.31. The summed E-state index contributed by atoms with van der Waals surface area (Å²) in [6, 6.07) is 10.5. The Morgan fingerprint density at radius 1 is 1.24 bits per heavy atom. The van der Waals surface area contributed by atoms with E-state index in [-0.39, 0.29) is 48.8 Å². The number of nitrogens with zero attached hydrogens (tertiary/aromatic N) is 1. The summed E-state index contributed by atoms with van der Waals surface area (Å²) in [6.45, 7) is 14.3. The van der Waals surface area contributed by atoms with Crippen LogP contribution in [0.3, 0.4) is 0 Å². The van der Waals surface area contributed by atoms with Gasteiger partial charge in [0.05, 0.1) is 22.3 Å². The van der Waals surface area contributed by atoms with Gasteiger partial charge in [0, 0.05) is 25.5 Å². The summed E-state index contributed by atoms with van der Waals surface area (Å²) in [5, 5.41) is 6.36. The summed E-state index contributed by atoms with van der Waals surface area (Å²) in [4.78, 5) is 27.1. The predicted octanol–water partition coefficient (Wildman–Crippen LogP) is 8.10. The normalized spacial score (nSPS) is 16.6. The van der Waals surface area contributed by atoms with Gasteiger partial charge in [0.25, 0.3) is 12.0 Å². The average Bonchev–Trinajstić information content (AvgIpc) is 3.35. The molecule has 2 aromatic carbocycles. The van der Waals surface area contributed by atoms with Gasteiger partial charge in [-0.05, 0) is 56.1 Å². The second kappa shape index (κ2) is 20.9. The summed E-state index contributed by atoms with van der Waals surface area (Å²) in [7, 11) is 3.37. The monoisotopic (exact) mass is 885 g/mol. The summed E-state index contributed by atoms with van der Waals surface area (Å²) >= 11 is 1.54. The van der Waals surface area contributed by atoms with Crippen molar-refractivity contribution in [2.24, 2.45) is 17.8 Å². The zero-order chi connectivity index (χ0) is 33.6. The van der Waals surface area contributed by atoms with Gasteiger partial charge < -0.3 is 24.8 Å². The molecule has 0 aliphatic heterocycles. The molecule has 4 atom stereocenters. The van der Waals surface area contributed by atoms with E-state index in [1.54, 1.807) is 14.2 Å². The molecule has 0 bridgehead atoms. The van der Waals surface area contributed by atoms with E-state index in [0.717, 1.165) is 40.1 Å². The van der Waals surface area contributed by atoms with Gasteiger partial charge in [0.15, 0.2) is 0 Å². The molecule has 12 heteroatoms. The number of hydrogen-bond acceptors (Lipinski definition) is 7. The maximum atomic E-state index is 12.6. The molecule has 2 amide bonds. The molecule has 1 aromatic heterocycles. The minimum atomic E-state index is -3.50. The van der Waals surface area contributed by atoms with E-state index in [9.17, 15) is 18.4 Å². The summed E-state index contributed by atoms with van der Waals surface area (Å²) in [5.74, 6) is 2.54. The van der Waals surface area contributed by atoms with Crippen molar-refractivity contribution in [2.75, 3.05) is 26.1 Å². The van der Waals surface area contributed by atoms with Crippen LogP contribution in [0.4, 0.5) is 14.5 Å². The Labute approximate surface area is 300 Å². The first-order valence-corrected chi connectivity index (χ1v) is 16.0. The van der Waals surface area contributed by atoms with Gasteiger partial charge in [-0.1, -0.05) is 46.2 Å². The molecule has 0 saturated heterocycles. The molecule has 1 aliphatic rings. The van der Waals surface area contributed by atoms with Crippen molar-refractivity contribution in [1.82, 2.24) is 10.3 Å². The quantitative estimate of drug-likeness (QED) is 0.133. The van der Waals surface area contributed by atoms with Crippen molar-refractivity contribution < 1.29 is 63.7 Å². The summed E-state index contributed by atoms with van der Waals surface area (Å²) in [6.07, 6.45) is 3.15. The Balaban J connectivity index is 0.000000361. The number of carbonyl (C=O) groups excluding carboxylic acids is 2. The number of benzene rings is 2. The summed E-state index contributed by atoms with van der Waals surface area (Å²) < 4.78 is 40.1. The van der Waals surface area contributed by atoms with Gasteiger partial charge in [-0.2, -0.15) is 14.8 Å². The first-order chi connectivity index (χ1) is 21.3. The van der Waals surface area contributed by atoms with Crippen LogP contribution in [0.15, 0.2) is 30.3 Å². The van der Waals surface area contributed by atoms with E-state index in [0.29, 0.717) is 29.3 Å². The van der Waals surface area contributed by atoms with Crippen molar-refractivity contribution in [2.45, 2.75) is 78.9 Å². The number of amides is 2. The second-order valence-corrected chi connectivity index (χ2v) is 12.7. The van der Waals surface area contributed by atoms with Crippen LogP contribution in [-0.4, -0.2) is 50.3 Å². The molecule has 4 unspecified atom stereocenters. The molecule has 0 spiro atoms. The molecule has 3 aromatic rings. The van der Waals surface area contributed by atoms with Crippen molar-refractivity contribution in [3.05, 3.63) is 53.9 Å². The molecule has 252 valence electrons. The fourth-order valence-electron chi connectivity index (χ4n) is 5.06. The smallest absolute Gasteiger partial charge is 0.496 e. The number of anilines is 1. The molecular formula is C34H47F2N3O5SU. The van der Waals surface area contributed by atoms with Crippen LogP contribution in [0, 0.1) is 68.8 Å². The van der Waals surface area contributed by atoms with E-state index in [4.69, 9.17) is 9.47 Å². The number of hydrogen-bond donors (Lipinski definition) is 2. The topological polar surface area (TPSA) is 98.8 Å². The number of thiazole rings is 1. The van der Waals surface area contributed by atoms with Crippen molar-refractivity contribution >= 4 is 39.6 Å². The fraction of sp³-hybridized carbons (Fsp3) is 0.529. The van der Waals surface area contributed by atoms with Crippen LogP contribution in [-0.2, 0) is 9.53 Å². The van der Waals surface area contributed by atoms with E-state index < -0.39 is 6.11 Å². The molecule has 8 nitrogen and oxygen atoms in total. The summed E-state index contributed by atoms with van der Waals surface area (Å²) in [5.41, 5.74) is 1.83. The standard InChI is InChI=1S/C15H18N2O2S.C10H22O.C9H7F2NO2.U/c1-8-4-5-10(8)17-15(18)13-12(19-3)7-6-11-14(13)20-9(2)16-11;1-5-6-9(2)7-10(3)8-11-4;1-9(10,11)14-8-4-2-3-7(5-8)12-6-13;/h6-8,10H,4-5H2,1-3H3,(H,17,18);9-10H,5-8H2,1-4H3;2-3,5-6H,1H2,(H,12,13);/q;;-2;+2. The van der Waals surface area contributed by atoms with Crippen LogP contribution >= 0.6 is 11.3 Å². The third kappa shape index (κ3) is 14.2. The Kier molecular flexibility index (Phi) is 18.9. The number of rotatable bonds is 13. The SMILES string of the molecule is CCCC(C)CC(C)COC.COc1ccc2nc(C)sc2c1C(=O)NC1CCC1C.[CH2-]C(F)(F)Oc1[c-]ccc(NC=O)c1.[U+2]. The van der Waals surface area contributed by atoms with E-state index in [2.05, 4.69) is 61.0 Å². The Morgan fingerprint density at radius 2 is 1.96 bits per heavy atom. The zero-order valence-electron chi connectivity index (χ0n) is 27.9. The van der Waals surface area contributed by atoms with Gasteiger partial charge in [-0.25, -0.2) is 11.9 Å². The van der Waals surface area contributed by atoms with Crippen molar-refractivity contribution in [1.29, 1.82) is 0 Å². The molecule has 4 rings (SSSR count). The molecule has 1 fully saturated rings. The van der Waals surface area contributed by atoms with Crippen LogP contribution in [0.1, 0.15) is 75.2 Å². The number of nitrogens with one attached hydrogen (secondary N) is 2. The molecular weight excluding hydrogens is 838 g/mol. The van der Waals surface area contributed by atoms with Crippen molar-refractivity contribution in [3.8, 4) is 11.5 Å². The second-order valence-electron chi connectivity index (χ2n) is 11.5.